The monoisotopic (exact) mass is 378 g/mol. The third-order valence-corrected chi connectivity index (χ3v) is 6.22. The van der Waals surface area contributed by atoms with E-state index in [0.29, 0.717) is 5.69 Å². The molecular formula is C22H22N2O2S. The maximum Gasteiger partial charge on any atom is 0.261 e. The number of nitrogens with zero attached hydrogens (tertiary/aromatic N) is 1. The first-order valence-electron chi connectivity index (χ1n) is 8.97. The maximum absolute atomic E-state index is 12.6. The normalized spacial score (nSPS) is 14.1. The van der Waals surface area contributed by atoms with Crippen molar-refractivity contribution in [2.75, 3.05) is 4.72 Å². The third-order valence-electron chi connectivity index (χ3n) is 4.83. The van der Waals surface area contributed by atoms with Crippen LogP contribution in [0.4, 0.5) is 5.69 Å². The van der Waals surface area contributed by atoms with Crippen molar-refractivity contribution >= 4 is 15.7 Å². The van der Waals surface area contributed by atoms with Crippen LogP contribution in [0.25, 0.3) is 0 Å². The molecule has 0 aliphatic carbocycles. The van der Waals surface area contributed by atoms with E-state index in [1.165, 1.54) is 16.7 Å². The quantitative estimate of drug-likeness (QED) is 0.720. The molecule has 0 aromatic heterocycles. The number of nitrogens with one attached hydrogen (secondary N) is 1. The van der Waals surface area contributed by atoms with Gasteiger partial charge < -0.3 is 0 Å². The first-order valence-corrected chi connectivity index (χ1v) is 10.5. The van der Waals surface area contributed by atoms with Crippen molar-refractivity contribution in [3.63, 3.8) is 0 Å². The number of fused-ring (bicyclic) bond motifs is 1. The lowest BCUT2D eigenvalue weighted by molar-refractivity contribution is 0.275. The summed E-state index contributed by atoms with van der Waals surface area (Å²) in [6, 6.07) is 23.1. The molecule has 0 amide bonds. The van der Waals surface area contributed by atoms with E-state index in [1.54, 1.807) is 24.3 Å². The van der Waals surface area contributed by atoms with E-state index < -0.39 is 10.0 Å². The van der Waals surface area contributed by atoms with E-state index in [0.717, 1.165) is 25.2 Å². The van der Waals surface area contributed by atoms with E-state index in [2.05, 4.69) is 33.9 Å². The molecule has 0 saturated heterocycles. The summed E-state index contributed by atoms with van der Waals surface area (Å²) in [4.78, 5) is 2.64. The van der Waals surface area contributed by atoms with Crippen molar-refractivity contribution in [1.29, 1.82) is 0 Å². The number of benzene rings is 3. The highest BCUT2D eigenvalue weighted by Crippen LogP contribution is 2.28. The van der Waals surface area contributed by atoms with Crippen LogP contribution in [-0.4, -0.2) is 13.3 Å². The molecule has 1 heterocycles. The van der Waals surface area contributed by atoms with Gasteiger partial charge in [-0.25, -0.2) is 8.42 Å². The molecule has 0 radical (unpaired) electrons. The zero-order chi connectivity index (χ0) is 18.9. The molecule has 1 N–H and O–H groups in total. The molecular weight excluding hydrogens is 356 g/mol. The van der Waals surface area contributed by atoms with Gasteiger partial charge in [0.05, 0.1) is 4.90 Å². The summed E-state index contributed by atoms with van der Waals surface area (Å²) in [7, 11) is -3.57. The van der Waals surface area contributed by atoms with E-state index in [4.69, 9.17) is 0 Å². The Morgan fingerprint density at radius 2 is 1.59 bits per heavy atom. The van der Waals surface area contributed by atoms with Crippen LogP contribution in [0.2, 0.25) is 0 Å². The molecule has 1 aliphatic heterocycles. The van der Waals surface area contributed by atoms with Gasteiger partial charge in [-0.1, -0.05) is 54.1 Å². The van der Waals surface area contributed by atoms with Crippen LogP contribution in [-0.2, 0) is 29.7 Å². The van der Waals surface area contributed by atoms with Crippen molar-refractivity contribution in [1.82, 2.24) is 4.90 Å². The minimum atomic E-state index is -3.57. The lowest BCUT2D eigenvalue weighted by atomic mass is 10.1. The Labute approximate surface area is 160 Å². The van der Waals surface area contributed by atoms with Gasteiger partial charge in [-0.15, -0.1) is 0 Å². The highest BCUT2D eigenvalue weighted by Gasteiger charge is 2.21. The van der Waals surface area contributed by atoms with Crippen molar-refractivity contribution in [3.05, 3.63) is 95.1 Å². The van der Waals surface area contributed by atoms with Crippen LogP contribution in [0.1, 0.15) is 22.3 Å². The van der Waals surface area contributed by atoms with Gasteiger partial charge in [0.1, 0.15) is 0 Å². The van der Waals surface area contributed by atoms with Crippen molar-refractivity contribution in [2.45, 2.75) is 31.5 Å². The Morgan fingerprint density at radius 1 is 0.889 bits per heavy atom. The molecule has 0 spiro atoms. The van der Waals surface area contributed by atoms with Crippen molar-refractivity contribution < 1.29 is 8.42 Å². The summed E-state index contributed by atoms with van der Waals surface area (Å²) in [6.07, 6.45) is 0. The predicted octanol–water partition coefficient (Wildman–Crippen LogP) is 4.31. The molecule has 5 heteroatoms. The molecule has 4 rings (SSSR count). The van der Waals surface area contributed by atoms with E-state index in [-0.39, 0.29) is 4.90 Å². The Kier molecular flexibility index (Phi) is 4.72. The van der Waals surface area contributed by atoms with Gasteiger partial charge in [-0.2, -0.15) is 0 Å². The highest BCUT2D eigenvalue weighted by atomic mass is 32.2. The maximum atomic E-state index is 12.6. The summed E-state index contributed by atoms with van der Waals surface area (Å²) in [5.74, 6) is 0. The van der Waals surface area contributed by atoms with Crippen LogP contribution in [0.5, 0.6) is 0 Å². The fourth-order valence-electron chi connectivity index (χ4n) is 3.41. The van der Waals surface area contributed by atoms with Gasteiger partial charge in [-0.05, 0) is 47.9 Å². The molecule has 3 aromatic carbocycles. The lowest BCUT2D eigenvalue weighted by Crippen LogP contribution is -2.15. The molecule has 1 aliphatic rings. The number of aryl methyl sites for hydroxylation is 1. The summed E-state index contributed by atoms with van der Waals surface area (Å²) in [6.45, 7) is 4.53. The zero-order valence-electron chi connectivity index (χ0n) is 15.2. The average Bonchev–Trinajstić information content (AvgIpc) is 3.04. The van der Waals surface area contributed by atoms with Crippen LogP contribution in [0.3, 0.4) is 0 Å². The summed E-state index contributed by atoms with van der Waals surface area (Å²) in [5, 5.41) is 0. The molecule has 0 unspecified atom stereocenters. The Balaban J connectivity index is 1.48. The van der Waals surface area contributed by atoms with Gasteiger partial charge in [0.25, 0.3) is 10.0 Å². The second-order valence-corrected chi connectivity index (χ2v) is 8.72. The Morgan fingerprint density at radius 3 is 2.33 bits per heavy atom. The third kappa shape index (κ3) is 4.04. The van der Waals surface area contributed by atoms with Gasteiger partial charge in [0.15, 0.2) is 0 Å². The van der Waals surface area contributed by atoms with E-state index >= 15 is 0 Å². The molecule has 0 atom stereocenters. The lowest BCUT2D eigenvalue weighted by Gasteiger charge is -2.14. The van der Waals surface area contributed by atoms with E-state index in [1.807, 2.05) is 31.2 Å². The number of anilines is 1. The topological polar surface area (TPSA) is 49.4 Å². The standard InChI is InChI=1S/C22H22N2O2S/c1-17-7-11-22(12-8-17)27(25,26)23-21-10-9-19-15-24(16-20(19)13-21)14-18-5-3-2-4-6-18/h2-13,23H,14-16H2,1H3. The predicted molar refractivity (Wildman–Crippen MR) is 108 cm³/mol. The Hall–Kier alpha value is -2.63. The first kappa shape index (κ1) is 17.8. The van der Waals surface area contributed by atoms with E-state index in [9.17, 15) is 8.42 Å². The summed E-state index contributed by atoms with van der Waals surface area (Å²) >= 11 is 0. The highest BCUT2D eigenvalue weighted by molar-refractivity contribution is 7.92. The number of hydrogen-bond donors (Lipinski definition) is 1. The molecule has 0 saturated carbocycles. The van der Waals surface area contributed by atoms with Crippen LogP contribution in [0.15, 0.2) is 77.7 Å². The van der Waals surface area contributed by atoms with Crippen LogP contribution >= 0.6 is 0 Å². The molecule has 27 heavy (non-hydrogen) atoms. The summed E-state index contributed by atoms with van der Waals surface area (Å²) in [5.41, 5.74) is 5.35. The fourth-order valence-corrected chi connectivity index (χ4v) is 4.46. The van der Waals surface area contributed by atoms with Crippen LogP contribution in [0, 0.1) is 6.92 Å². The smallest absolute Gasteiger partial charge is 0.261 e. The zero-order valence-corrected chi connectivity index (χ0v) is 16.0. The average molecular weight is 378 g/mol. The largest absolute Gasteiger partial charge is 0.291 e. The molecule has 138 valence electrons. The fraction of sp³-hybridized carbons (Fsp3) is 0.182. The molecule has 4 nitrogen and oxygen atoms in total. The second kappa shape index (κ2) is 7.18. The summed E-state index contributed by atoms with van der Waals surface area (Å²) < 4.78 is 27.9. The number of hydrogen-bond acceptors (Lipinski definition) is 3. The Bertz CT molecular complexity index is 1050. The second-order valence-electron chi connectivity index (χ2n) is 7.03. The van der Waals surface area contributed by atoms with Gasteiger partial charge in [0.2, 0.25) is 0 Å². The van der Waals surface area contributed by atoms with Gasteiger partial charge in [0, 0.05) is 25.3 Å². The van der Waals surface area contributed by atoms with Gasteiger partial charge in [-0.3, -0.25) is 9.62 Å². The minimum Gasteiger partial charge on any atom is -0.291 e. The SMILES string of the molecule is Cc1ccc(S(=O)(=O)Nc2ccc3c(c2)CN(Cc2ccccc2)C3)cc1. The van der Waals surface area contributed by atoms with Crippen molar-refractivity contribution in [3.8, 4) is 0 Å². The molecule has 0 fully saturated rings. The molecule has 3 aromatic rings. The van der Waals surface area contributed by atoms with Crippen LogP contribution < -0.4 is 4.72 Å². The number of sulfonamides is 1. The van der Waals surface area contributed by atoms with Crippen molar-refractivity contribution in [2.24, 2.45) is 0 Å². The number of rotatable bonds is 5. The van der Waals surface area contributed by atoms with Gasteiger partial charge >= 0.3 is 0 Å². The molecule has 0 bridgehead atoms. The first-order chi connectivity index (χ1) is 13.0. The minimum absolute atomic E-state index is 0.277.